The highest BCUT2D eigenvalue weighted by molar-refractivity contribution is 5.94. The van der Waals surface area contributed by atoms with Crippen LogP contribution in [0.15, 0.2) is 10.7 Å². The highest BCUT2D eigenvalue weighted by atomic mass is 16.6. The highest BCUT2D eigenvalue weighted by Gasteiger charge is 2.29. The van der Waals surface area contributed by atoms with Gasteiger partial charge in [-0.3, -0.25) is 10.2 Å². The fourth-order valence-corrected chi connectivity index (χ4v) is 4.00. The first-order valence-electron chi connectivity index (χ1n) is 12.0. The Morgan fingerprint density at radius 1 is 1.26 bits per heavy atom. The maximum atomic E-state index is 12.7. The van der Waals surface area contributed by atoms with Gasteiger partial charge in [0.15, 0.2) is 11.7 Å². The summed E-state index contributed by atoms with van der Waals surface area (Å²) in [7, 11) is 0. The average Bonchev–Trinajstić information content (AvgIpc) is 3.25. The summed E-state index contributed by atoms with van der Waals surface area (Å²) in [6.45, 7) is 5.62. The van der Waals surface area contributed by atoms with Crippen molar-refractivity contribution in [2.24, 2.45) is 11.7 Å². The maximum absolute atomic E-state index is 12.7. The van der Waals surface area contributed by atoms with Crippen molar-refractivity contribution < 1.29 is 28.6 Å². The van der Waals surface area contributed by atoms with Crippen molar-refractivity contribution in [3.8, 4) is 0 Å². The van der Waals surface area contributed by atoms with Crippen LogP contribution in [0, 0.1) is 11.3 Å². The summed E-state index contributed by atoms with van der Waals surface area (Å²) in [6.07, 6.45) is 7.20. The van der Waals surface area contributed by atoms with Gasteiger partial charge in [0.05, 0.1) is 0 Å². The summed E-state index contributed by atoms with van der Waals surface area (Å²) in [6, 6.07) is -1.73. The van der Waals surface area contributed by atoms with Crippen LogP contribution in [0.4, 0.5) is 4.79 Å². The Kier molecular flexibility index (Phi) is 10.3. The van der Waals surface area contributed by atoms with Crippen molar-refractivity contribution in [1.29, 1.82) is 5.41 Å². The first-order valence-corrected chi connectivity index (χ1v) is 12.0. The van der Waals surface area contributed by atoms with Gasteiger partial charge in [-0.2, -0.15) is 0 Å². The van der Waals surface area contributed by atoms with E-state index < -0.39 is 35.7 Å². The number of nitrogens with two attached hydrogens (primary N) is 1. The van der Waals surface area contributed by atoms with Gasteiger partial charge >= 0.3 is 12.1 Å². The van der Waals surface area contributed by atoms with Crippen LogP contribution in [0.25, 0.3) is 0 Å². The summed E-state index contributed by atoms with van der Waals surface area (Å²) in [4.78, 5) is 40.9. The van der Waals surface area contributed by atoms with Crippen LogP contribution in [-0.4, -0.2) is 52.2 Å². The number of carbonyl (C=O) groups excluding carboxylic acids is 2. The fourth-order valence-electron chi connectivity index (χ4n) is 4.00. The molecule has 1 heterocycles. The molecular formula is C23H38N6O6. The van der Waals surface area contributed by atoms with Gasteiger partial charge in [0.25, 0.3) is 5.91 Å². The number of alkyl carbamates (subject to hydrolysis) is 1. The Hall–Kier alpha value is -3.31. The Balaban J connectivity index is 2.07. The number of nitrogens with one attached hydrogen (secondary N) is 4. The quantitative estimate of drug-likeness (QED) is 0.152. The number of aromatic nitrogens is 1. The zero-order valence-corrected chi connectivity index (χ0v) is 20.7. The predicted molar refractivity (Wildman–Crippen MR) is 128 cm³/mol. The van der Waals surface area contributed by atoms with Crippen LogP contribution >= 0.6 is 0 Å². The summed E-state index contributed by atoms with van der Waals surface area (Å²) in [5.74, 6) is -1.54. The smallest absolute Gasteiger partial charge is 0.408 e. The predicted octanol–water partition coefficient (Wildman–Crippen LogP) is 2.66. The minimum atomic E-state index is -1.19. The van der Waals surface area contributed by atoms with E-state index in [1.54, 1.807) is 20.8 Å². The Bertz CT molecular complexity index is 874. The van der Waals surface area contributed by atoms with Crippen LogP contribution in [0.5, 0.6) is 0 Å². The molecule has 0 radical (unpaired) electrons. The molecule has 1 aliphatic carbocycles. The third kappa shape index (κ3) is 10.2. The number of nitrogens with zero attached hydrogens (tertiary/aromatic N) is 1. The molecule has 0 unspecified atom stereocenters. The van der Waals surface area contributed by atoms with Gasteiger partial charge in [-0.15, -0.1) is 0 Å². The minimum Gasteiger partial charge on any atom is -0.480 e. The summed E-state index contributed by atoms with van der Waals surface area (Å²) >= 11 is 0. The second-order valence-electron chi connectivity index (χ2n) is 9.86. The number of carbonyl (C=O) groups is 3. The Morgan fingerprint density at radius 2 is 1.94 bits per heavy atom. The normalized spacial score (nSPS) is 16.1. The van der Waals surface area contributed by atoms with E-state index in [1.807, 2.05) is 0 Å². The molecule has 2 rings (SSSR count). The second kappa shape index (κ2) is 13.0. The van der Waals surface area contributed by atoms with E-state index in [9.17, 15) is 19.5 Å². The molecule has 2 atom stereocenters. The standard InChI is InChI=1S/C23H38N6O6/c1-23(2,3)35-22(33)29-16(12-14-8-5-4-6-9-14)19-28-17(13-34-19)18(30)27-15(20(31)32)10-7-11-26-21(24)25/h13-16H,4-12H2,1-3H3,(H,27,30)(H,29,33)(H,31,32)(H4,24,25,26)/t15-,16-/m0/s1. The number of oxazole rings is 1. The number of amides is 2. The van der Waals surface area contributed by atoms with Gasteiger partial charge in [0.1, 0.15) is 23.9 Å². The molecule has 12 nitrogen and oxygen atoms in total. The van der Waals surface area contributed by atoms with Gasteiger partial charge in [-0.1, -0.05) is 32.1 Å². The third-order valence-electron chi connectivity index (χ3n) is 5.63. The molecular weight excluding hydrogens is 456 g/mol. The van der Waals surface area contributed by atoms with Crippen molar-refractivity contribution in [3.63, 3.8) is 0 Å². The van der Waals surface area contributed by atoms with Crippen LogP contribution in [0.3, 0.4) is 0 Å². The molecule has 1 fully saturated rings. The van der Waals surface area contributed by atoms with Crippen LogP contribution in [0.2, 0.25) is 0 Å². The van der Waals surface area contributed by atoms with Gasteiger partial charge in [-0.25, -0.2) is 14.6 Å². The first-order chi connectivity index (χ1) is 16.4. The molecule has 12 heteroatoms. The van der Waals surface area contributed by atoms with E-state index in [0.29, 0.717) is 25.3 Å². The van der Waals surface area contributed by atoms with E-state index in [2.05, 4.69) is 20.9 Å². The van der Waals surface area contributed by atoms with E-state index >= 15 is 0 Å². The molecule has 0 spiro atoms. The number of hydrogen-bond donors (Lipinski definition) is 6. The van der Waals surface area contributed by atoms with Gasteiger partial charge in [0.2, 0.25) is 5.89 Å². The number of guanidine groups is 1. The summed E-state index contributed by atoms with van der Waals surface area (Å²) in [5.41, 5.74) is 4.46. The zero-order chi connectivity index (χ0) is 26.0. The number of carboxylic acids is 1. The lowest BCUT2D eigenvalue weighted by Gasteiger charge is -2.27. The molecule has 1 aromatic rings. The van der Waals surface area contributed by atoms with E-state index in [1.165, 1.54) is 6.42 Å². The van der Waals surface area contributed by atoms with Crippen molar-refractivity contribution in [2.45, 2.75) is 89.8 Å². The van der Waals surface area contributed by atoms with E-state index in [4.69, 9.17) is 20.3 Å². The Labute approximate surface area is 205 Å². The molecule has 0 aliphatic heterocycles. The van der Waals surface area contributed by atoms with Crippen molar-refractivity contribution >= 4 is 23.9 Å². The van der Waals surface area contributed by atoms with Crippen LogP contribution in [-0.2, 0) is 9.53 Å². The lowest BCUT2D eigenvalue weighted by molar-refractivity contribution is -0.139. The summed E-state index contributed by atoms with van der Waals surface area (Å²) < 4.78 is 10.9. The second-order valence-corrected chi connectivity index (χ2v) is 9.86. The topological polar surface area (TPSA) is 193 Å². The molecule has 0 aromatic carbocycles. The van der Waals surface area contributed by atoms with Gasteiger partial charge in [-0.05, 0) is 46.0 Å². The monoisotopic (exact) mass is 494 g/mol. The zero-order valence-electron chi connectivity index (χ0n) is 20.7. The van der Waals surface area contributed by atoms with Gasteiger partial charge < -0.3 is 35.9 Å². The molecule has 196 valence electrons. The number of aliphatic carboxylic acids is 1. The maximum Gasteiger partial charge on any atom is 0.408 e. The molecule has 1 aliphatic rings. The number of carboxylic acid groups (broad SMARTS) is 1. The molecule has 0 saturated heterocycles. The van der Waals surface area contributed by atoms with Crippen molar-refractivity contribution in [2.75, 3.05) is 6.54 Å². The molecule has 35 heavy (non-hydrogen) atoms. The largest absolute Gasteiger partial charge is 0.480 e. The molecule has 0 bridgehead atoms. The number of hydrogen-bond acceptors (Lipinski definition) is 7. The van der Waals surface area contributed by atoms with E-state index in [0.717, 1.165) is 31.9 Å². The van der Waals surface area contributed by atoms with Crippen LogP contribution < -0.4 is 21.7 Å². The molecule has 7 N–H and O–H groups in total. The molecule has 2 amide bonds. The first kappa shape index (κ1) is 27.9. The lowest BCUT2D eigenvalue weighted by Crippen LogP contribution is -2.41. The molecule has 1 aromatic heterocycles. The number of ether oxygens (including phenoxy) is 1. The number of rotatable bonds is 11. The van der Waals surface area contributed by atoms with Gasteiger partial charge in [0, 0.05) is 6.54 Å². The third-order valence-corrected chi connectivity index (χ3v) is 5.63. The van der Waals surface area contributed by atoms with Crippen LogP contribution in [0.1, 0.15) is 94.6 Å². The SMILES string of the molecule is CC(C)(C)OC(=O)N[C@@H](CC1CCCCC1)c1nc(C(=O)N[C@@H](CCCNC(=N)N)C(=O)O)co1. The summed E-state index contributed by atoms with van der Waals surface area (Å²) in [5, 5.41) is 24.4. The molecule has 1 saturated carbocycles. The van der Waals surface area contributed by atoms with Crippen molar-refractivity contribution in [1.82, 2.24) is 20.9 Å². The van der Waals surface area contributed by atoms with E-state index in [-0.39, 0.29) is 24.0 Å². The fraction of sp³-hybridized carbons (Fsp3) is 0.696. The minimum absolute atomic E-state index is 0.0762. The average molecular weight is 495 g/mol. The highest BCUT2D eigenvalue weighted by Crippen LogP contribution is 2.32. The van der Waals surface area contributed by atoms with Crippen molar-refractivity contribution in [3.05, 3.63) is 17.8 Å². The lowest BCUT2D eigenvalue weighted by atomic mass is 9.85. The Morgan fingerprint density at radius 3 is 2.54 bits per heavy atom.